The summed E-state index contributed by atoms with van der Waals surface area (Å²) >= 11 is 0. The number of nitrogens with one attached hydrogen (secondary N) is 1. The molecule has 2 amide bonds. The molecule has 1 aliphatic heterocycles. The van der Waals surface area contributed by atoms with E-state index in [0.29, 0.717) is 26.1 Å². The Labute approximate surface area is 144 Å². The zero-order valence-electron chi connectivity index (χ0n) is 14.4. The van der Waals surface area contributed by atoms with Crippen LogP contribution in [-0.2, 0) is 9.59 Å². The van der Waals surface area contributed by atoms with Crippen LogP contribution >= 0.6 is 0 Å². The molecule has 2 atom stereocenters. The molecule has 0 aromatic rings. The Bertz CT molecular complexity index is 475. The van der Waals surface area contributed by atoms with Crippen LogP contribution in [0, 0.1) is 18.3 Å². The van der Waals surface area contributed by atoms with Crippen molar-refractivity contribution < 1.29 is 14.7 Å². The van der Waals surface area contributed by atoms with Crippen molar-refractivity contribution in [3.8, 4) is 12.3 Å². The molecule has 0 bridgehead atoms. The van der Waals surface area contributed by atoms with Crippen molar-refractivity contribution in [2.24, 2.45) is 5.92 Å². The van der Waals surface area contributed by atoms with Gasteiger partial charge in [0.2, 0.25) is 11.8 Å². The number of hydrogen-bond acceptors (Lipinski definition) is 4. The van der Waals surface area contributed by atoms with Crippen LogP contribution in [0.2, 0.25) is 0 Å². The van der Waals surface area contributed by atoms with Gasteiger partial charge in [-0.2, -0.15) is 0 Å². The topological polar surface area (TPSA) is 72.9 Å². The van der Waals surface area contributed by atoms with E-state index in [4.69, 9.17) is 6.42 Å². The highest BCUT2D eigenvalue weighted by Crippen LogP contribution is 2.27. The minimum atomic E-state index is -0.328. The first-order valence-electron chi connectivity index (χ1n) is 8.98. The van der Waals surface area contributed by atoms with Crippen LogP contribution in [0.1, 0.15) is 38.5 Å². The Morgan fingerprint density at radius 3 is 2.67 bits per heavy atom. The standard InChI is InChI=1S/C18H29N3O3/c1-2-8-19-17(23)14-20-9-5-10-21(12-11-20)18(24)13-15-6-3-4-7-16(15)22/h1,15-16,22H,3-14H2,(H,19,23)/t15-,16+/m1/s1. The second-order valence-corrected chi connectivity index (χ2v) is 6.81. The number of nitrogens with zero attached hydrogens (tertiary/aromatic N) is 2. The van der Waals surface area contributed by atoms with Gasteiger partial charge in [0, 0.05) is 32.6 Å². The van der Waals surface area contributed by atoms with E-state index in [1.54, 1.807) is 0 Å². The van der Waals surface area contributed by atoms with Crippen molar-refractivity contribution in [1.29, 1.82) is 0 Å². The first-order valence-corrected chi connectivity index (χ1v) is 8.98. The lowest BCUT2D eigenvalue weighted by atomic mass is 9.84. The predicted octanol–water partition coefficient (Wildman–Crippen LogP) is 0.211. The van der Waals surface area contributed by atoms with E-state index >= 15 is 0 Å². The Morgan fingerprint density at radius 2 is 1.92 bits per heavy atom. The molecule has 6 nitrogen and oxygen atoms in total. The van der Waals surface area contributed by atoms with Gasteiger partial charge in [-0.15, -0.1) is 6.42 Å². The highest BCUT2D eigenvalue weighted by molar-refractivity contribution is 5.78. The smallest absolute Gasteiger partial charge is 0.234 e. The lowest BCUT2D eigenvalue weighted by Crippen LogP contribution is -2.40. The van der Waals surface area contributed by atoms with E-state index in [1.165, 1.54) is 0 Å². The third kappa shape index (κ3) is 5.81. The van der Waals surface area contributed by atoms with Crippen LogP contribution in [0.4, 0.5) is 0 Å². The normalized spacial score (nSPS) is 25.6. The average molecular weight is 335 g/mol. The fourth-order valence-corrected chi connectivity index (χ4v) is 3.57. The van der Waals surface area contributed by atoms with Gasteiger partial charge in [-0.25, -0.2) is 0 Å². The number of hydrogen-bond donors (Lipinski definition) is 2. The van der Waals surface area contributed by atoms with Crippen molar-refractivity contribution >= 4 is 11.8 Å². The van der Waals surface area contributed by atoms with E-state index in [0.717, 1.165) is 45.2 Å². The van der Waals surface area contributed by atoms with Crippen LogP contribution in [0.3, 0.4) is 0 Å². The summed E-state index contributed by atoms with van der Waals surface area (Å²) in [6.45, 7) is 3.45. The maximum absolute atomic E-state index is 12.5. The van der Waals surface area contributed by atoms with Gasteiger partial charge < -0.3 is 15.3 Å². The van der Waals surface area contributed by atoms with Crippen LogP contribution < -0.4 is 5.32 Å². The highest BCUT2D eigenvalue weighted by atomic mass is 16.3. The van der Waals surface area contributed by atoms with Crippen molar-refractivity contribution in [1.82, 2.24) is 15.1 Å². The summed E-state index contributed by atoms with van der Waals surface area (Å²) in [6.07, 6.45) is 10.0. The summed E-state index contributed by atoms with van der Waals surface area (Å²) in [5, 5.41) is 12.7. The molecule has 1 aliphatic carbocycles. The van der Waals surface area contributed by atoms with E-state index in [9.17, 15) is 14.7 Å². The fraction of sp³-hybridized carbons (Fsp3) is 0.778. The van der Waals surface area contributed by atoms with Crippen molar-refractivity contribution in [3.63, 3.8) is 0 Å². The third-order valence-electron chi connectivity index (χ3n) is 5.00. The largest absolute Gasteiger partial charge is 0.393 e. The summed E-state index contributed by atoms with van der Waals surface area (Å²) in [5.74, 6) is 2.57. The molecule has 1 saturated carbocycles. The van der Waals surface area contributed by atoms with Crippen LogP contribution in [0.5, 0.6) is 0 Å². The summed E-state index contributed by atoms with van der Waals surface area (Å²) in [7, 11) is 0. The quantitative estimate of drug-likeness (QED) is 0.705. The molecule has 0 spiro atoms. The summed E-state index contributed by atoms with van der Waals surface area (Å²) < 4.78 is 0. The zero-order chi connectivity index (χ0) is 17.4. The van der Waals surface area contributed by atoms with Crippen LogP contribution in [-0.4, -0.2) is 72.1 Å². The van der Waals surface area contributed by atoms with Gasteiger partial charge in [0.25, 0.3) is 0 Å². The van der Waals surface area contributed by atoms with E-state index in [-0.39, 0.29) is 30.4 Å². The lowest BCUT2D eigenvalue weighted by molar-refractivity contribution is -0.133. The van der Waals surface area contributed by atoms with Gasteiger partial charge in [-0.3, -0.25) is 14.5 Å². The molecule has 134 valence electrons. The highest BCUT2D eigenvalue weighted by Gasteiger charge is 2.28. The summed E-state index contributed by atoms with van der Waals surface area (Å²) in [5.41, 5.74) is 0. The minimum Gasteiger partial charge on any atom is -0.393 e. The maximum atomic E-state index is 12.5. The second kappa shape index (κ2) is 9.65. The molecule has 2 N–H and O–H groups in total. The number of carbonyl (C=O) groups is 2. The second-order valence-electron chi connectivity index (χ2n) is 6.81. The lowest BCUT2D eigenvalue weighted by Gasteiger charge is -2.29. The van der Waals surface area contributed by atoms with Gasteiger partial charge in [-0.05, 0) is 25.2 Å². The predicted molar refractivity (Wildman–Crippen MR) is 92.1 cm³/mol. The molecular formula is C18H29N3O3. The Balaban J connectivity index is 1.76. The molecule has 1 saturated heterocycles. The van der Waals surface area contributed by atoms with E-state index in [2.05, 4.69) is 16.1 Å². The fourth-order valence-electron chi connectivity index (χ4n) is 3.57. The maximum Gasteiger partial charge on any atom is 0.234 e. The third-order valence-corrected chi connectivity index (χ3v) is 5.00. The summed E-state index contributed by atoms with van der Waals surface area (Å²) in [4.78, 5) is 28.2. The average Bonchev–Trinajstić information content (AvgIpc) is 2.80. The molecule has 2 rings (SSSR count). The van der Waals surface area contributed by atoms with Gasteiger partial charge in [-0.1, -0.05) is 18.8 Å². The molecule has 0 radical (unpaired) electrons. The molecule has 24 heavy (non-hydrogen) atoms. The van der Waals surface area contributed by atoms with E-state index < -0.39 is 0 Å². The molecule has 0 aromatic heterocycles. The van der Waals surface area contributed by atoms with Gasteiger partial charge in [0.05, 0.1) is 19.2 Å². The molecular weight excluding hydrogens is 306 g/mol. The van der Waals surface area contributed by atoms with Crippen molar-refractivity contribution in [2.45, 2.75) is 44.6 Å². The summed E-state index contributed by atoms with van der Waals surface area (Å²) in [6, 6.07) is 0. The SMILES string of the molecule is C#CCNC(=O)CN1CCCN(C(=O)C[C@H]2CCCC[C@@H]2O)CC1. The van der Waals surface area contributed by atoms with Gasteiger partial charge >= 0.3 is 0 Å². The van der Waals surface area contributed by atoms with Crippen LogP contribution in [0.15, 0.2) is 0 Å². The minimum absolute atomic E-state index is 0.0712. The Kier molecular flexibility index (Phi) is 7.54. The van der Waals surface area contributed by atoms with Gasteiger partial charge in [0.1, 0.15) is 0 Å². The monoisotopic (exact) mass is 335 g/mol. The van der Waals surface area contributed by atoms with Crippen molar-refractivity contribution in [3.05, 3.63) is 0 Å². The first kappa shape index (κ1) is 18.8. The molecule has 0 unspecified atom stereocenters. The van der Waals surface area contributed by atoms with Crippen molar-refractivity contribution in [2.75, 3.05) is 39.3 Å². The van der Waals surface area contributed by atoms with E-state index in [1.807, 2.05) is 4.90 Å². The number of aliphatic hydroxyl groups excluding tert-OH is 1. The molecule has 6 heteroatoms. The zero-order valence-corrected chi connectivity index (χ0v) is 14.4. The number of aliphatic hydroxyl groups is 1. The Hall–Kier alpha value is -1.58. The molecule has 2 aliphatic rings. The Morgan fingerprint density at radius 1 is 1.12 bits per heavy atom. The van der Waals surface area contributed by atoms with Crippen LogP contribution in [0.25, 0.3) is 0 Å². The number of amides is 2. The number of terminal acetylenes is 1. The first-order chi connectivity index (χ1) is 11.6. The molecule has 0 aromatic carbocycles. The van der Waals surface area contributed by atoms with Gasteiger partial charge in [0.15, 0.2) is 0 Å². The molecule has 2 fully saturated rings. The number of carbonyl (C=O) groups excluding carboxylic acids is 2. The number of rotatable bonds is 5. The molecule has 1 heterocycles.